The van der Waals surface area contributed by atoms with Gasteiger partial charge in [-0.15, -0.1) is 0 Å². The molecule has 0 bridgehead atoms. The normalized spacial score (nSPS) is 28.5. The third kappa shape index (κ3) is 1.24. The number of hydrogen-bond acceptors (Lipinski definition) is 2. The summed E-state index contributed by atoms with van der Waals surface area (Å²) in [7, 11) is 0. The predicted octanol–water partition coefficient (Wildman–Crippen LogP) is 2.68. The Morgan fingerprint density at radius 3 is 3.18 bits per heavy atom. The number of amidine groups is 1. The summed E-state index contributed by atoms with van der Waals surface area (Å²) in [6.45, 7) is 0.964. The summed E-state index contributed by atoms with van der Waals surface area (Å²) in [4.78, 5) is 7.12. The fourth-order valence-electron chi connectivity index (χ4n) is 3.02. The molecule has 0 radical (unpaired) electrons. The van der Waals surface area contributed by atoms with E-state index in [4.69, 9.17) is 4.99 Å². The van der Waals surface area contributed by atoms with Gasteiger partial charge in [-0.3, -0.25) is 4.99 Å². The fraction of sp³-hybridized carbons (Fsp3) is 0.267. The molecule has 1 aromatic carbocycles. The number of hydrogen-bond donors (Lipinski definition) is 0. The molecule has 3 aliphatic rings. The van der Waals surface area contributed by atoms with Crippen LogP contribution in [0.3, 0.4) is 0 Å². The molecule has 84 valence electrons. The smallest absolute Gasteiger partial charge is 0.136 e. The van der Waals surface area contributed by atoms with Gasteiger partial charge in [0.25, 0.3) is 0 Å². The molecule has 2 nitrogen and oxygen atoms in total. The average molecular weight is 222 g/mol. The van der Waals surface area contributed by atoms with Crippen LogP contribution in [0.15, 0.2) is 47.6 Å². The highest BCUT2D eigenvalue weighted by Crippen LogP contribution is 2.33. The first-order valence-electron chi connectivity index (χ1n) is 6.20. The quantitative estimate of drug-likeness (QED) is 0.616. The van der Waals surface area contributed by atoms with Crippen LogP contribution in [-0.4, -0.2) is 23.3 Å². The van der Waals surface area contributed by atoms with Gasteiger partial charge in [0.05, 0.1) is 6.04 Å². The van der Waals surface area contributed by atoms with Gasteiger partial charge in [-0.2, -0.15) is 0 Å². The molecule has 1 aliphatic carbocycles. The molecule has 0 fully saturated rings. The van der Waals surface area contributed by atoms with Gasteiger partial charge >= 0.3 is 0 Å². The molecular formula is C15H14N2. The van der Waals surface area contributed by atoms with E-state index in [1.165, 1.54) is 17.5 Å². The van der Waals surface area contributed by atoms with Crippen LogP contribution in [0.5, 0.6) is 0 Å². The van der Waals surface area contributed by atoms with Gasteiger partial charge in [-0.1, -0.05) is 36.4 Å². The van der Waals surface area contributed by atoms with Gasteiger partial charge in [0.2, 0.25) is 0 Å². The minimum atomic E-state index is 0.520. The number of allylic oxidation sites excluding steroid dienone is 1. The van der Waals surface area contributed by atoms with Crippen molar-refractivity contribution < 1.29 is 0 Å². The van der Waals surface area contributed by atoms with Crippen molar-refractivity contribution in [2.75, 3.05) is 6.54 Å². The van der Waals surface area contributed by atoms with E-state index in [9.17, 15) is 0 Å². The van der Waals surface area contributed by atoms with Crippen molar-refractivity contribution in [3.8, 4) is 0 Å². The molecule has 1 aromatic rings. The highest BCUT2D eigenvalue weighted by molar-refractivity contribution is 6.05. The molecule has 0 saturated heterocycles. The first kappa shape index (κ1) is 9.23. The van der Waals surface area contributed by atoms with Gasteiger partial charge in [0.15, 0.2) is 0 Å². The van der Waals surface area contributed by atoms with Gasteiger partial charge in [0.1, 0.15) is 5.84 Å². The summed E-state index contributed by atoms with van der Waals surface area (Å²) in [6.07, 6.45) is 10.2. The van der Waals surface area contributed by atoms with E-state index in [1.54, 1.807) is 0 Å². The van der Waals surface area contributed by atoms with Crippen LogP contribution in [0.25, 0.3) is 6.08 Å². The van der Waals surface area contributed by atoms with Crippen molar-refractivity contribution in [3.05, 3.63) is 53.7 Å². The molecular weight excluding hydrogens is 208 g/mol. The molecule has 17 heavy (non-hydrogen) atoms. The highest BCUT2D eigenvalue weighted by atomic mass is 15.2. The first-order valence-corrected chi connectivity index (χ1v) is 6.20. The van der Waals surface area contributed by atoms with Crippen LogP contribution in [0.4, 0.5) is 0 Å². The minimum Gasteiger partial charge on any atom is -0.326 e. The Hall–Kier alpha value is -1.83. The lowest BCUT2D eigenvalue weighted by molar-refractivity contribution is 0.334. The van der Waals surface area contributed by atoms with Crippen molar-refractivity contribution in [2.24, 2.45) is 10.9 Å². The lowest BCUT2D eigenvalue weighted by Crippen LogP contribution is -2.44. The molecule has 2 aliphatic heterocycles. The maximum absolute atomic E-state index is 4.79. The molecule has 2 heterocycles. The van der Waals surface area contributed by atoms with Crippen LogP contribution < -0.4 is 0 Å². The second-order valence-corrected chi connectivity index (χ2v) is 4.89. The number of rotatable bonds is 0. The summed E-state index contributed by atoms with van der Waals surface area (Å²) in [5, 5.41) is 0. The molecule has 0 amide bonds. The van der Waals surface area contributed by atoms with Crippen molar-refractivity contribution >= 4 is 11.9 Å². The van der Waals surface area contributed by atoms with E-state index >= 15 is 0 Å². The Balaban J connectivity index is 1.86. The average Bonchev–Trinajstić information content (AvgIpc) is 2.86. The lowest BCUT2D eigenvalue weighted by atomic mass is 9.94. The maximum atomic E-state index is 4.79. The monoisotopic (exact) mass is 222 g/mol. The first-order chi connectivity index (χ1) is 8.43. The van der Waals surface area contributed by atoms with Gasteiger partial charge < -0.3 is 4.90 Å². The van der Waals surface area contributed by atoms with Crippen molar-refractivity contribution in [3.63, 3.8) is 0 Å². The largest absolute Gasteiger partial charge is 0.326 e. The van der Waals surface area contributed by atoms with Crippen LogP contribution in [0.2, 0.25) is 0 Å². The van der Waals surface area contributed by atoms with Crippen molar-refractivity contribution in [1.29, 1.82) is 0 Å². The standard InChI is InChI=1S/C15H14N2/c1-2-6-13-11(4-1)8-9-17-14-7-3-5-12(14)10-16-15(13)17/h1-4,6-9,12,14H,5,10H2/t12-,14-/m0/s1. The van der Waals surface area contributed by atoms with Crippen LogP contribution >= 0.6 is 0 Å². The second kappa shape index (κ2) is 3.33. The van der Waals surface area contributed by atoms with Crippen LogP contribution in [0, 0.1) is 5.92 Å². The molecule has 0 N–H and O–H groups in total. The third-order valence-corrected chi connectivity index (χ3v) is 3.91. The molecule has 0 saturated carbocycles. The third-order valence-electron chi connectivity index (χ3n) is 3.91. The fourth-order valence-corrected chi connectivity index (χ4v) is 3.02. The lowest BCUT2D eigenvalue weighted by Gasteiger charge is -2.38. The second-order valence-electron chi connectivity index (χ2n) is 4.89. The van der Waals surface area contributed by atoms with E-state index in [1.807, 2.05) is 0 Å². The number of nitrogens with zero attached hydrogens (tertiary/aromatic N) is 2. The minimum absolute atomic E-state index is 0.520. The Bertz CT molecular complexity index is 554. The van der Waals surface area contributed by atoms with Gasteiger partial charge in [0, 0.05) is 24.2 Å². The Morgan fingerprint density at radius 1 is 1.24 bits per heavy atom. The van der Waals surface area contributed by atoms with Gasteiger partial charge in [-0.25, -0.2) is 0 Å². The zero-order valence-electron chi connectivity index (χ0n) is 9.58. The Kier molecular flexibility index (Phi) is 1.81. The van der Waals surface area contributed by atoms with E-state index in [-0.39, 0.29) is 0 Å². The van der Waals surface area contributed by atoms with E-state index in [0.29, 0.717) is 12.0 Å². The molecule has 2 heteroatoms. The van der Waals surface area contributed by atoms with Crippen molar-refractivity contribution in [1.82, 2.24) is 4.90 Å². The zero-order chi connectivity index (χ0) is 11.2. The molecule has 0 spiro atoms. The zero-order valence-corrected chi connectivity index (χ0v) is 9.58. The Morgan fingerprint density at radius 2 is 2.18 bits per heavy atom. The van der Waals surface area contributed by atoms with Crippen molar-refractivity contribution in [2.45, 2.75) is 12.5 Å². The summed E-state index contributed by atoms with van der Waals surface area (Å²) >= 11 is 0. The Labute approximate surface area is 101 Å². The summed E-state index contributed by atoms with van der Waals surface area (Å²) in [5.41, 5.74) is 2.55. The molecule has 0 aromatic heterocycles. The van der Waals surface area contributed by atoms with E-state index < -0.39 is 0 Å². The predicted molar refractivity (Wildman–Crippen MR) is 69.8 cm³/mol. The maximum Gasteiger partial charge on any atom is 0.136 e. The van der Waals surface area contributed by atoms with Crippen LogP contribution in [0.1, 0.15) is 17.5 Å². The van der Waals surface area contributed by atoms with E-state index in [2.05, 4.69) is 53.6 Å². The summed E-state index contributed by atoms with van der Waals surface area (Å²) < 4.78 is 0. The van der Waals surface area contributed by atoms with Crippen LogP contribution in [-0.2, 0) is 0 Å². The molecule has 4 rings (SSSR count). The number of benzene rings is 1. The summed E-state index contributed by atoms with van der Waals surface area (Å²) in [5.74, 6) is 1.82. The SMILES string of the molecule is C1=C[C@H]2[C@@H](C1)CN=C1c3ccccc3C=CN12. The highest BCUT2D eigenvalue weighted by Gasteiger charge is 2.34. The topological polar surface area (TPSA) is 15.6 Å². The van der Waals surface area contributed by atoms with E-state index in [0.717, 1.165) is 12.4 Å². The van der Waals surface area contributed by atoms with Gasteiger partial charge in [-0.05, 0) is 18.1 Å². The molecule has 0 unspecified atom stereocenters. The number of aliphatic imine (C=N–C) groups is 1. The number of fused-ring (bicyclic) bond motifs is 5. The molecule has 2 atom stereocenters. The summed E-state index contributed by atoms with van der Waals surface area (Å²) in [6, 6.07) is 9.02.